The first-order valence-electron chi connectivity index (χ1n) is 5.97. The molecular weight excluding hydrogens is 202 g/mol. The average Bonchev–Trinajstić information content (AvgIpc) is 2.60. The van der Waals surface area contributed by atoms with Gasteiger partial charge in [-0.3, -0.25) is 0 Å². The van der Waals surface area contributed by atoms with Crippen LogP contribution >= 0.6 is 11.3 Å². The molecule has 1 N–H and O–H groups in total. The lowest BCUT2D eigenvalue weighted by molar-refractivity contribution is 0.423. The van der Waals surface area contributed by atoms with E-state index in [-0.39, 0.29) is 0 Å². The summed E-state index contributed by atoms with van der Waals surface area (Å²) < 4.78 is 0. The molecule has 0 aromatic carbocycles. The van der Waals surface area contributed by atoms with Crippen molar-refractivity contribution in [1.82, 2.24) is 5.32 Å². The van der Waals surface area contributed by atoms with Gasteiger partial charge in [-0.2, -0.15) is 0 Å². The molecule has 0 saturated heterocycles. The Hall–Kier alpha value is -0.340. The van der Waals surface area contributed by atoms with Crippen molar-refractivity contribution in [2.24, 2.45) is 0 Å². The molecule has 0 spiro atoms. The minimum absolute atomic E-state index is 0.591. The Kier molecular flexibility index (Phi) is 5.34. The van der Waals surface area contributed by atoms with Crippen molar-refractivity contribution >= 4 is 11.3 Å². The van der Waals surface area contributed by atoms with Gasteiger partial charge in [0, 0.05) is 21.8 Å². The second-order valence-corrected chi connectivity index (χ2v) is 5.67. The summed E-state index contributed by atoms with van der Waals surface area (Å²) >= 11 is 1.92. The topological polar surface area (TPSA) is 12.0 Å². The Morgan fingerprint density at radius 1 is 1.27 bits per heavy atom. The first-order valence-corrected chi connectivity index (χ1v) is 6.78. The molecule has 0 aliphatic carbocycles. The third kappa shape index (κ3) is 4.35. The molecule has 0 fully saturated rings. The molecule has 1 heterocycles. The zero-order valence-corrected chi connectivity index (χ0v) is 11.2. The lowest BCUT2D eigenvalue weighted by Gasteiger charge is -2.20. The second-order valence-electron chi connectivity index (χ2n) is 4.30. The van der Waals surface area contributed by atoms with E-state index >= 15 is 0 Å². The maximum absolute atomic E-state index is 3.68. The number of rotatable bonds is 6. The number of hydrogen-bond acceptors (Lipinski definition) is 2. The average molecular weight is 225 g/mol. The molecule has 0 saturated carbocycles. The van der Waals surface area contributed by atoms with Gasteiger partial charge in [-0.1, -0.05) is 13.8 Å². The largest absolute Gasteiger partial charge is 0.311 e. The van der Waals surface area contributed by atoms with Gasteiger partial charge < -0.3 is 5.32 Å². The van der Waals surface area contributed by atoms with Crippen molar-refractivity contribution in [2.75, 3.05) is 0 Å². The summed E-state index contributed by atoms with van der Waals surface area (Å²) in [6, 6.07) is 5.74. The summed E-state index contributed by atoms with van der Waals surface area (Å²) in [6.45, 7) is 8.97. The smallest absolute Gasteiger partial charge is 0.00896 e. The van der Waals surface area contributed by atoms with Crippen molar-refractivity contribution in [1.29, 1.82) is 0 Å². The van der Waals surface area contributed by atoms with E-state index in [1.54, 1.807) is 0 Å². The highest BCUT2D eigenvalue weighted by Gasteiger charge is 2.09. The van der Waals surface area contributed by atoms with E-state index in [0.717, 1.165) is 6.42 Å². The highest BCUT2D eigenvalue weighted by atomic mass is 32.1. The van der Waals surface area contributed by atoms with Crippen LogP contribution in [-0.2, 0) is 6.42 Å². The summed E-state index contributed by atoms with van der Waals surface area (Å²) in [6.07, 6.45) is 3.61. The molecule has 0 bridgehead atoms. The van der Waals surface area contributed by atoms with Crippen LogP contribution in [0.25, 0.3) is 0 Å². The van der Waals surface area contributed by atoms with E-state index in [2.05, 4.69) is 45.1 Å². The van der Waals surface area contributed by atoms with Crippen molar-refractivity contribution in [2.45, 2.75) is 59.0 Å². The number of aryl methyl sites for hydroxylation is 1. The van der Waals surface area contributed by atoms with Gasteiger partial charge in [-0.25, -0.2) is 0 Å². The van der Waals surface area contributed by atoms with E-state index < -0.39 is 0 Å². The lowest BCUT2D eigenvalue weighted by Crippen LogP contribution is -2.36. The number of thiophene rings is 1. The van der Waals surface area contributed by atoms with Gasteiger partial charge in [0.25, 0.3) is 0 Å². The van der Waals surface area contributed by atoms with Crippen molar-refractivity contribution < 1.29 is 0 Å². The van der Waals surface area contributed by atoms with Crippen LogP contribution in [0.2, 0.25) is 0 Å². The molecule has 0 amide bonds. The Morgan fingerprint density at radius 2 is 1.93 bits per heavy atom. The van der Waals surface area contributed by atoms with Crippen LogP contribution in [0.1, 0.15) is 43.4 Å². The second kappa shape index (κ2) is 6.29. The summed E-state index contributed by atoms with van der Waals surface area (Å²) in [7, 11) is 0. The molecule has 15 heavy (non-hydrogen) atoms. The van der Waals surface area contributed by atoms with Gasteiger partial charge in [0.05, 0.1) is 0 Å². The van der Waals surface area contributed by atoms with E-state index in [1.165, 1.54) is 22.6 Å². The highest BCUT2D eigenvalue weighted by Crippen LogP contribution is 2.17. The molecular formula is C13H23NS. The zero-order chi connectivity index (χ0) is 11.3. The fourth-order valence-electron chi connectivity index (χ4n) is 1.88. The van der Waals surface area contributed by atoms with E-state index in [4.69, 9.17) is 0 Å². The molecule has 1 unspecified atom stereocenters. The first-order chi connectivity index (χ1) is 7.15. The predicted octanol–water partition coefficient (Wildman–Crippen LogP) is 3.77. The Balaban J connectivity index is 2.38. The molecule has 1 aromatic heterocycles. The summed E-state index contributed by atoms with van der Waals surface area (Å²) in [4.78, 5) is 2.91. The van der Waals surface area contributed by atoms with E-state index in [9.17, 15) is 0 Å². The number of nitrogens with one attached hydrogen (secondary N) is 1. The molecule has 0 radical (unpaired) electrons. The zero-order valence-electron chi connectivity index (χ0n) is 10.3. The minimum atomic E-state index is 0.591. The van der Waals surface area contributed by atoms with Gasteiger partial charge in [-0.15, -0.1) is 11.3 Å². The molecule has 2 heteroatoms. The van der Waals surface area contributed by atoms with Crippen LogP contribution in [0.3, 0.4) is 0 Å². The quantitative estimate of drug-likeness (QED) is 0.777. The van der Waals surface area contributed by atoms with Gasteiger partial charge in [0.15, 0.2) is 0 Å². The summed E-state index contributed by atoms with van der Waals surface area (Å²) in [5.74, 6) is 0. The molecule has 1 rings (SSSR count). The maximum atomic E-state index is 3.68. The monoisotopic (exact) mass is 225 g/mol. The molecule has 1 nitrogen and oxygen atoms in total. The Morgan fingerprint density at radius 3 is 2.40 bits per heavy atom. The van der Waals surface area contributed by atoms with Gasteiger partial charge >= 0.3 is 0 Å². The van der Waals surface area contributed by atoms with E-state index in [0.29, 0.717) is 12.1 Å². The van der Waals surface area contributed by atoms with Gasteiger partial charge in [0.2, 0.25) is 0 Å². The minimum Gasteiger partial charge on any atom is -0.311 e. The fourth-order valence-corrected chi connectivity index (χ4v) is 2.90. The predicted molar refractivity (Wildman–Crippen MR) is 69.7 cm³/mol. The third-order valence-corrected chi connectivity index (χ3v) is 3.83. The van der Waals surface area contributed by atoms with E-state index in [1.807, 2.05) is 11.3 Å². The van der Waals surface area contributed by atoms with Crippen LogP contribution in [-0.4, -0.2) is 12.1 Å². The Bertz CT molecular complexity index is 276. The van der Waals surface area contributed by atoms with Crippen LogP contribution < -0.4 is 5.32 Å². The van der Waals surface area contributed by atoms with Crippen LogP contribution in [0.5, 0.6) is 0 Å². The normalized spacial score (nSPS) is 13.4. The van der Waals surface area contributed by atoms with Crippen LogP contribution in [0, 0.1) is 6.92 Å². The third-order valence-electron chi connectivity index (χ3n) is 2.81. The van der Waals surface area contributed by atoms with Crippen LogP contribution in [0.4, 0.5) is 0 Å². The van der Waals surface area contributed by atoms with Gasteiger partial charge in [0.1, 0.15) is 0 Å². The standard InChI is InChI=1S/C13H23NS/c1-5-12(6-2)14-10(3)9-13-8-7-11(4)15-13/h7-8,10,12,14H,5-6,9H2,1-4H3. The number of hydrogen-bond donors (Lipinski definition) is 1. The van der Waals surface area contributed by atoms with Crippen molar-refractivity contribution in [3.8, 4) is 0 Å². The lowest BCUT2D eigenvalue weighted by atomic mass is 10.1. The van der Waals surface area contributed by atoms with Crippen molar-refractivity contribution in [3.05, 3.63) is 21.9 Å². The SMILES string of the molecule is CCC(CC)NC(C)Cc1ccc(C)s1. The van der Waals surface area contributed by atoms with Gasteiger partial charge in [-0.05, 0) is 45.2 Å². The fraction of sp³-hybridized carbons (Fsp3) is 0.692. The molecule has 1 atom stereocenters. The first kappa shape index (κ1) is 12.7. The molecule has 1 aromatic rings. The van der Waals surface area contributed by atoms with Crippen LogP contribution in [0.15, 0.2) is 12.1 Å². The summed E-state index contributed by atoms with van der Waals surface area (Å²) in [5.41, 5.74) is 0. The highest BCUT2D eigenvalue weighted by molar-refractivity contribution is 7.11. The Labute approximate surface area is 97.9 Å². The summed E-state index contributed by atoms with van der Waals surface area (Å²) in [5, 5.41) is 3.68. The van der Waals surface area contributed by atoms with Crippen molar-refractivity contribution in [3.63, 3.8) is 0 Å². The molecule has 0 aliphatic heterocycles. The maximum Gasteiger partial charge on any atom is 0.00896 e. The molecule has 86 valence electrons. The molecule has 0 aliphatic rings.